The van der Waals surface area contributed by atoms with E-state index in [1.165, 1.54) is 5.56 Å². The third kappa shape index (κ3) is 5.98. The lowest BCUT2D eigenvalue weighted by molar-refractivity contribution is 0.0953. The second-order valence-corrected chi connectivity index (χ2v) is 9.26. The zero-order chi connectivity index (χ0) is 24.7. The molecule has 3 aromatic rings. The number of carbonyl (C=O) groups is 1. The minimum absolute atomic E-state index is 0.0414. The molecule has 1 fully saturated rings. The molecule has 1 saturated heterocycles. The van der Waals surface area contributed by atoms with E-state index in [-0.39, 0.29) is 5.91 Å². The van der Waals surface area contributed by atoms with Gasteiger partial charge in [0.05, 0.1) is 7.11 Å². The fourth-order valence-electron chi connectivity index (χ4n) is 4.79. The molecule has 2 heterocycles. The molecule has 0 atom stereocenters. The van der Waals surface area contributed by atoms with Crippen molar-refractivity contribution < 1.29 is 19.0 Å². The van der Waals surface area contributed by atoms with Crippen LogP contribution in [0.4, 0.5) is 0 Å². The number of hydrogen-bond acceptors (Lipinski definition) is 6. The molecule has 0 unspecified atom stereocenters. The zero-order valence-corrected chi connectivity index (χ0v) is 20.7. The van der Waals surface area contributed by atoms with Crippen molar-refractivity contribution in [1.82, 2.24) is 15.1 Å². The highest BCUT2D eigenvalue weighted by molar-refractivity contribution is 5.94. The zero-order valence-electron chi connectivity index (χ0n) is 20.7. The van der Waals surface area contributed by atoms with Crippen molar-refractivity contribution in [3.63, 3.8) is 0 Å². The molecule has 1 N–H and O–H groups in total. The van der Waals surface area contributed by atoms with Gasteiger partial charge in [0, 0.05) is 51.4 Å². The molecule has 0 bridgehead atoms. The van der Waals surface area contributed by atoms with Gasteiger partial charge in [-0.2, -0.15) is 0 Å². The second kappa shape index (κ2) is 11.5. The highest BCUT2D eigenvalue weighted by atomic mass is 16.7. The average Bonchev–Trinajstić information content (AvgIpc) is 3.38. The van der Waals surface area contributed by atoms with Crippen molar-refractivity contribution in [2.24, 2.45) is 0 Å². The van der Waals surface area contributed by atoms with Gasteiger partial charge in [-0.1, -0.05) is 36.4 Å². The van der Waals surface area contributed by atoms with Crippen LogP contribution in [0.15, 0.2) is 66.7 Å². The van der Waals surface area contributed by atoms with E-state index in [0.29, 0.717) is 18.9 Å². The van der Waals surface area contributed by atoms with E-state index in [1.54, 1.807) is 7.11 Å². The molecule has 2 aliphatic rings. The number of piperazine rings is 1. The molecule has 2 aliphatic heterocycles. The number of fused-ring (bicyclic) bond motifs is 1. The number of rotatable bonds is 9. The van der Waals surface area contributed by atoms with Crippen molar-refractivity contribution in [2.75, 3.05) is 46.6 Å². The van der Waals surface area contributed by atoms with Crippen LogP contribution >= 0.6 is 0 Å². The third-order valence-electron chi connectivity index (χ3n) is 6.78. The van der Waals surface area contributed by atoms with Gasteiger partial charge in [-0.25, -0.2) is 0 Å². The van der Waals surface area contributed by atoms with Gasteiger partial charge >= 0.3 is 0 Å². The Morgan fingerprint density at radius 2 is 1.58 bits per heavy atom. The predicted molar refractivity (Wildman–Crippen MR) is 139 cm³/mol. The maximum absolute atomic E-state index is 12.7. The lowest BCUT2D eigenvalue weighted by atomic mass is 10.1. The molecule has 0 saturated carbocycles. The number of benzene rings is 3. The first kappa shape index (κ1) is 24.2. The number of ether oxygens (including phenoxy) is 3. The normalized spacial score (nSPS) is 15.6. The van der Waals surface area contributed by atoms with Crippen molar-refractivity contribution in [2.45, 2.75) is 19.5 Å². The number of nitrogens with zero attached hydrogens (tertiary/aromatic N) is 2. The first-order valence-electron chi connectivity index (χ1n) is 12.5. The number of hydrogen-bond donors (Lipinski definition) is 1. The molecule has 7 nitrogen and oxygen atoms in total. The van der Waals surface area contributed by atoms with Crippen molar-refractivity contribution in [3.05, 3.63) is 89.0 Å². The molecule has 3 aromatic carbocycles. The summed E-state index contributed by atoms with van der Waals surface area (Å²) in [5.74, 6) is 2.48. The number of carbonyl (C=O) groups excluding carboxylic acids is 1. The smallest absolute Gasteiger partial charge is 0.251 e. The number of methoxy groups -OCH3 is 1. The molecular weight excluding hydrogens is 454 g/mol. The fraction of sp³-hybridized carbons (Fsp3) is 0.345. The van der Waals surface area contributed by atoms with E-state index >= 15 is 0 Å². The Morgan fingerprint density at radius 3 is 2.36 bits per heavy atom. The maximum atomic E-state index is 12.7. The predicted octanol–water partition coefficient (Wildman–Crippen LogP) is 3.71. The Balaban J connectivity index is 1.08. The van der Waals surface area contributed by atoms with Crippen LogP contribution in [-0.4, -0.2) is 62.3 Å². The van der Waals surface area contributed by atoms with Crippen LogP contribution < -0.4 is 19.5 Å². The Morgan fingerprint density at radius 1 is 0.861 bits per heavy atom. The molecule has 36 heavy (non-hydrogen) atoms. The van der Waals surface area contributed by atoms with E-state index in [4.69, 9.17) is 14.2 Å². The quantitative estimate of drug-likeness (QED) is 0.497. The van der Waals surface area contributed by atoms with Crippen LogP contribution in [0.25, 0.3) is 0 Å². The van der Waals surface area contributed by atoms with Crippen LogP contribution in [0, 0.1) is 0 Å². The largest absolute Gasteiger partial charge is 0.496 e. The molecule has 5 rings (SSSR count). The molecule has 0 radical (unpaired) electrons. The van der Waals surface area contributed by atoms with Gasteiger partial charge in [0.2, 0.25) is 6.79 Å². The number of nitrogens with one attached hydrogen (secondary N) is 1. The topological polar surface area (TPSA) is 63.3 Å². The van der Waals surface area contributed by atoms with Crippen molar-refractivity contribution in [3.8, 4) is 17.2 Å². The summed E-state index contributed by atoms with van der Waals surface area (Å²) in [5, 5.41) is 3.04. The lowest BCUT2D eigenvalue weighted by Crippen LogP contribution is -2.45. The SMILES string of the molecule is COc1ccccc1CCNC(=O)c1cccc(CN2CCN(Cc3ccc4c(c3)OCO4)CC2)c1. The summed E-state index contributed by atoms with van der Waals surface area (Å²) >= 11 is 0. The Hall–Kier alpha value is -3.55. The molecule has 1 amide bonds. The second-order valence-electron chi connectivity index (χ2n) is 9.26. The highest BCUT2D eigenvalue weighted by Gasteiger charge is 2.19. The van der Waals surface area contributed by atoms with Crippen LogP contribution in [0.1, 0.15) is 27.0 Å². The van der Waals surface area contributed by atoms with E-state index in [2.05, 4.69) is 33.3 Å². The third-order valence-corrected chi connectivity index (χ3v) is 6.78. The molecular formula is C29H33N3O4. The maximum Gasteiger partial charge on any atom is 0.251 e. The summed E-state index contributed by atoms with van der Waals surface area (Å²) in [6.07, 6.45) is 0.728. The minimum Gasteiger partial charge on any atom is -0.496 e. The molecule has 0 aromatic heterocycles. The van der Waals surface area contributed by atoms with Crippen LogP contribution in [0.2, 0.25) is 0 Å². The molecule has 188 valence electrons. The molecule has 0 aliphatic carbocycles. The van der Waals surface area contributed by atoms with Crippen molar-refractivity contribution in [1.29, 1.82) is 0 Å². The van der Waals surface area contributed by atoms with Gasteiger partial charge in [0.15, 0.2) is 11.5 Å². The summed E-state index contributed by atoms with van der Waals surface area (Å²) in [6, 6.07) is 22.1. The Kier molecular flexibility index (Phi) is 7.69. The van der Waals surface area contributed by atoms with Crippen LogP contribution in [-0.2, 0) is 19.5 Å². The van der Waals surface area contributed by atoms with Gasteiger partial charge < -0.3 is 19.5 Å². The Bertz CT molecular complexity index is 1190. The van der Waals surface area contributed by atoms with Crippen LogP contribution in [0.5, 0.6) is 17.2 Å². The Labute approximate surface area is 212 Å². The average molecular weight is 488 g/mol. The summed E-state index contributed by atoms with van der Waals surface area (Å²) in [5.41, 5.74) is 4.20. The summed E-state index contributed by atoms with van der Waals surface area (Å²) in [6.45, 7) is 6.65. The molecule has 0 spiro atoms. The van der Waals surface area contributed by atoms with E-state index < -0.39 is 0 Å². The summed E-state index contributed by atoms with van der Waals surface area (Å²) < 4.78 is 16.3. The van der Waals surface area contributed by atoms with Gasteiger partial charge in [-0.3, -0.25) is 14.6 Å². The number of para-hydroxylation sites is 1. The first-order chi connectivity index (χ1) is 17.7. The van der Waals surface area contributed by atoms with E-state index in [1.807, 2.05) is 48.5 Å². The highest BCUT2D eigenvalue weighted by Crippen LogP contribution is 2.32. The van der Waals surface area contributed by atoms with Gasteiger partial charge in [-0.15, -0.1) is 0 Å². The fourth-order valence-corrected chi connectivity index (χ4v) is 4.79. The van der Waals surface area contributed by atoms with E-state index in [0.717, 1.165) is 74.1 Å². The monoisotopic (exact) mass is 487 g/mol. The lowest BCUT2D eigenvalue weighted by Gasteiger charge is -2.34. The number of amides is 1. The van der Waals surface area contributed by atoms with Gasteiger partial charge in [0.1, 0.15) is 5.75 Å². The van der Waals surface area contributed by atoms with Crippen LogP contribution in [0.3, 0.4) is 0 Å². The summed E-state index contributed by atoms with van der Waals surface area (Å²) in [7, 11) is 1.67. The van der Waals surface area contributed by atoms with Gasteiger partial charge in [0.25, 0.3) is 5.91 Å². The van der Waals surface area contributed by atoms with Crippen molar-refractivity contribution >= 4 is 5.91 Å². The van der Waals surface area contributed by atoms with Gasteiger partial charge in [-0.05, 0) is 53.4 Å². The summed E-state index contributed by atoms with van der Waals surface area (Å²) in [4.78, 5) is 17.7. The van der Waals surface area contributed by atoms with E-state index in [9.17, 15) is 4.79 Å². The first-order valence-corrected chi connectivity index (χ1v) is 12.5. The molecule has 7 heteroatoms. The minimum atomic E-state index is -0.0414. The standard InChI is InChI=1S/C29H33N3O4/c1-34-26-8-3-2-6-24(26)11-12-30-29(33)25-7-4-5-22(17-25)19-31-13-15-32(16-14-31)20-23-9-10-27-28(18-23)36-21-35-27/h2-10,17-18H,11-16,19-21H2,1H3,(H,30,33).